The summed E-state index contributed by atoms with van der Waals surface area (Å²) in [6.45, 7) is 4.53. The van der Waals surface area contributed by atoms with Crippen LogP contribution in [0.5, 0.6) is 0 Å². The third-order valence-corrected chi connectivity index (χ3v) is 7.97. The van der Waals surface area contributed by atoms with Crippen LogP contribution < -0.4 is 10.2 Å². The van der Waals surface area contributed by atoms with Gasteiger partial charge in [0.2, 0.25) is 0 Å². The van der Waals surface area contributed by atoms with E-state index in [2.05, 4.69) is 13.8 Å². The monoisotopic (exact) mass is 1020 g/mol. The summed E-state index contributed by atoms with van der Waals surface area (Å²) in [5, 5.41) is 20.4. The number of aliphatic carboxylic acids is 2. The maximum absolute atomic E-state index is 10.2. The molecule has 264 valence electrons. The van der Waals surface area contributed by atoms with Gasteiger partial charge in [0.1, 0.15) is 0 Å². The van der Waals surface area contributed by atoms with Gasteiger partial charge in [-0.05, 0) is 25.7 Å². The van der Waals surface area contributed by atoms with Crippen molar-refractivity contribution in [1.29, 1.82) is 0 Å². The largest absolute Gasteiger partial charge is 0.550 e. The minimum absolute atomic E-state index is 0. The smallest absolute Gasteiger partial charge is 0.0414 e. The third kappa shape index (κ3) is 61.7. The molecule has 0 aromatic carbocycles. The first kappa shape index (κ1) is 57.0. The van der Waals surface area contributed by atoms with Gasteiger partial charge in [-0.3, -0.25) is 0 Å². The van der Waals surface area contributed by atoms with Crippen LogP contribution in [-0.4, -0.2) is 77.5 Å². The van der Waals surface area contributed by atoms with E-state index in [1.807, 2.05) is 0 Å². The van der Waals surface area contributed by atoms with Crippen molar-refractivity contribution in [3.8, 4) is 0 Å². The van der Waals surface area contributed by atoms with Gasteiger partial charge in [-0.2, -0.15) is 0 Å². The second-order valence-corrected chi connectivity index (χ2v) is 12.1. The van der Waals surface area contributed by atoms with Crippen molar-refractivity contribution < 1.29 is 30.8 Å². The van der Waals surface area contributed by atoms with Crippen LogP contribution in [0.3, 0.4) is 0 Å². The second-order valence-electron chi connectivity index (χ2n) is 12.1. The molecular formula is C36H74O6Pb2-2. The van der Waals surface area contributed by atoms with Crippen molar-refractivity contribution in [2.75, 3.05) is 0 Å². The molecule has 0 saturated carbocycles. The molecule has 0 atom stereocenters. The topological polar surface area (TPSA) is 143 Å². The quantitative estimate of drug-likeness (QED) is 0.0506. The van der Waals surface area contributed by atoms with Crippen molar-refractivity contribution in [3.05, 3.63) is 0 Å². The fraction of sp³-hybridized carbons (Fsp3) is 0.944. The average molecular weight is 1020 g/mol. The number of carboxylic acids is 2. The van der Waals surface area contributed by atoms with Crippen LogP contribution in [0.1, 0.15) is 219 Å². The first-order valence-corrected chi connectivity index (χ1v) is 17.9. The molecule has 0 fully saturated rings. The van der Waals surface area contributed by atoms with Crippen molar-refractivity contribution >= 4 is 66.5 Å². The molecule has 0 saturated heterocycles. The molecule has 0 heterocycles. The molecule has 0 rings (SSSR count). The summed E-state index contributed by atoms with van der Waals surface area (Å²) in [4.78, 5) is 20.4. The van der Waals surface area contributed by atoms with Crippen LogP contribution >= 0.6 is 0 Å². The fourth-order valence-electron chi connectivity index (χ4n) is 5.28. The van der Waals surface area contributed by atoms with E-state index in [1.54, 1.807) is 0 Å². The molecule has 0 bridgehead atoms. The van der Waals surface area contributed by atoms with Crippen LogP contribution in [0.2, 0.25) is 0 Å². The first-order chi connectivity index (χ1) is 19.5. The molecule has 0 aromatic rings. The van der Waals surface area contributed by atoms with E-state index < -0.39 is 11.9 Å². The Morgan fingerprint density at radius 2 is 0.455 bits per heavy atom. The van der Waals surface area contributed by atoms with Crippen LogP contribution in [0.25, 0.3) is 0 Å². The molecule has 0 amide bonds. The SMILES string of the molecule is CCCCCCCCCCCCCCCCCC(=O)[O-].CCCCCCCCCCCCCCCCCC(=O)[O-].O.O.[Pb].[Pb]. The predicted octanol–water partition coefficient (Wildman–Crippen LogP) is 7.58. The van der Waals surface area contributed by atoms with Crippen molar-refractivity contribution in [1.82, 2.24) is 0 Å². The summed E-state index contributed by atoms with van der Waals surface area (Å²) >= 11 is 0. The number of unbranched alkanes of at least 4 members (excludes halogenated alkanes) is 28. The molecule has 6 nitrogen and oxygen atoms in total. The molecule has 0 aliphatic rings. The summed E-state index contributed by atoms with van der Waals surface area (Å²) in [5.74, 6) is -1.81. The molecule has 4 N–H and O–H groups in total. The molecule has 0 aliphatic carbocycles. The number of hydrogen-bond donors (Lipinski definition) is 0. The van der Waals surface area contributed by atoms with E-state index in [0.717, 1.165) is 25.7 Å². The number of carbonyl (C=O) groups excluding carboxylic acids is 2. The summed E-state index contributed by atoms with van der Waals surface area (Å²) in [7, 11) is 0. The molecule has 0 unspecified atom stereocenters. The Kier molecular flexibility index (Phi) is 68.9. The van der Waals surface area contributed by atoms with Crippen LogP contribution in [0.15, 0.2) is 0 Å². The van der Waals surface area contributed by atoms with Gasteiger partial charge in [0.25, 0.3) is 0 Å². The molecule has 44 heavy (non-hydrogen) atoms. The maximum atomic E-state index is 10.2. The Balaban J connectivity index is -0.000000150. The molecule has 0 spiro atoms. The zero-order valence-electron chi connectivity index (χ0n) is 29.3. The molecule has 0 aromatic heterocycles. The van der Waals surface area contributed by atoms with Gasteiger partial charge >= 0.3 is 0 Å². The van der Waals surface area contributed by atoms with E-state index in [4.69, 9.17) is 0 Å². The van der Waals surface area contributed by atoms with Crippen molar-refractivity contribution in [2.24, 2.45) is 0 Å². The predicted molar refractivity (Wildman–Crippen MR) is 188 cm³/mol. The van der Waals surface area contributed by atoms with Gasteiger partial charge in [0.05, 0.1) is 0 Å². The Labute approximate surface area is 314 Å². The summed E-state index contributed by atoms with van der Waals surface area (Å²) in [6, 6.07) is 0. The minimum atomic E-state index is -0.903. The van der Waals surface area contributed by atoms with Crippen molar-refractivity contribution in [2.45, 2.75) is 219 Å². The average Bonchev–Trinajstić information content (AvgIpc) is 2.93. The minimum Gasteiger partial charge on any atom is -0.550 e. The maximum Gasteiger partial charge on any atom is 0.0414 e. The Hall–Kier alpha value is 0.704. The standard InChI is InChI=1S/2C18H36O2.2H2O.2Pb/c2*1-2-3-4-5-6-7-8-9-10-11-12-13-14-15-16-17-18(19)20;;;;/h2*2-17H2,1H3,(H,19,20);2*1H2;;/p-2. The van der Waals surface area contributed by atoms with Gasteiger partial charge in [-0.25, -0.2) is 0 Å². The number of rotatable bonds is 32. The zero-order chi connectivity index (χ0) is 29.8. The van der Waals surface area contributed by atoms with Crippen LogP contribution in [0, 0.1) is 0 Å². The normalized spacial score (nSPS) is 9.86. The van der Waals surface area contributed by atoms with E-state index in [0.29, 0.717) is 0 Å². The van der Waals surface area contributed by atoms with Crippen molar-refractivity contribution in [3.63, 3.8) is 0 Å². The van der Waals surface area contributed by atoms with Gasteiger partial charge in [0.15, 0.2) is 0 Å². The second kappa shape index (κ2) is 53.2. The van der Waals surface area contributed by atoms with Gasteiger partial charge in [-0.15, -0.1) is 0 Å². The summed E-state index contributed by atoms with van der Waals surface area (Å²) < 4.78 is 0. The van der Waals surface area contributed by atoms with E-state index >= 15 is 0 Å². The van der Waals surface area contributed by atoms with Gasteiger partial charge < -0.3 is 30.8 Å². The Morgan fingerprint density at radius 1 is 0.318 bits per heavy atom. The van der Waals surface area contributed by atoms with Crippen LogP contribution in [-0.2, 0) is 9.59 Å². The molecule has 0 aliphatic heterocycles. The van der Waals surface area contributed by atoms with Gasteiger partial charge in [-0.1, -0.05) is 194 Å². The summed E-state index contributed by atoms with van der Waals surface area (Å²) in [5.41, 5.74) is 0. The van der Waals surface area contributed by atoms with Crippen LogP contribution in [0.4, 0.5) is 0 Å². The number of hydrogen-bond acceptors (Lipinski definition) is 4. The zero-order valence-corrected chi connectivity index (χ0v) is 37.0. The molecule has 8 radical (unpaired) electrons. The molecule has 8 heteroatoms. The number of carboxylic acid groups (broad SMARTS) is 2. The third-order valence-electron chi connectivity index (χ3n) is 7.97. The van der Waals surface area contributed by atoms with E-state index in [9.17, 15) is 19.8 Å². The van der Waals surface area contributed by atoms with E-state index in [-0.39, 0.29) is 78.4 Å². The first-order valence-electron chi connectivity index (χ1n) is 17.9. The Bertz CT molecular complexity index is 465. The fourth-order valence-corrected chi connectivity index (χ4v) is 5.28. The van der Waals surface area contributed by atoms with E-state index in [1.165, 1.54) is 167 Å². The Morgan fingerprint density at radius 3 is 0.591 bits per heavy atom. The molecular weight excluding hydrogens is 943 g/mol. The summed E-state index contributed by atoms with van der Waals surface area (Å²) in [6.07, 6.45) is 39.7. The number of carbonyl (C=O) groups is 2. The van der Waals surface area contributed by atoms with Gasteiger partial charge in [0, 0.05) is 66.5 Å².